The van der Waals surface area contributed by atoms with E-state index < -0.39 is 21.6 Å². The van der Waals surface area contributed by atoms with Gasteiger partial charge < -0.3 is 5.32 Å². The summed E-state index contributed by atoms with van der Waals surface area (Å²) in [5.41, 5.74) is -0.275. The van der Waals surface area contributed by atoms with Gasteiger partial charge in [0.2, 0.25) is 0 Å². The fourth-order valence-corrected chi connectivity index (χ4v) is 2.53. The zero-order chi connectivity index (χ0) is 14.0. The average molecular weight is 281 g/mol. The van der Waals surface area contributed by atoms with Crippen molar-refractivity contribution < 1.29 is 21.6 Å². The first kappa shape index (κ1) is 14.8. The number of benzene rings is 1. The summed E-state index contributed by atoms with van der Waals surface area (Å²) < 4.78 is 59.0. The Morgan fingerprint density at radius 1 is 1.22 bits per heavy atom. The van der Waals surface area contributed by atoms with E-state index in [0.29, 0.717) is 5.69 Å². The van der Waals surface area contributed by atoms with E-state index in [9.17, 15) is 21.6 Å². The van der Waals surface area contributed by atoms with E-state index in [1.807, 2.05) is 0 Å². The summed E-state index contributed by atoms with van der Waals surface area (Å²) >= 11 is 0. The van der Waals surface area contributed by atoms with Crippen molar-refractivity contribution >= 4 is 15.5 Å². The van der Waals surface area contributed by atoms with Gasteiger partial charge in [0.05, 0.1) is 11.3 Å². The lowest BCUT2D eigenvalue weighted by atomic mass is 10.2. The standard InChI is InChI=1S/C11H14F3NO2S/c1-8(7-18(2,16)17)15-10-5-3-9(4-6-10)11(12,13)14/h3-6,8,15H,7H2,1-2H3. The highest BCUT2D eigenvalue weighted by Gasteiger charge is 2.29. The molecular weight excluding hydrogens is 267 g/mol. The van der Waals surface area contributed by atoms with Crippen LogP contribution in [-0.4, -0.2) is 26.5 Å². The van der Waals surface area contributed by atoms with Crippen LogP contribution in [0.15, 0.2) is 24.3 Å². The molecule has 1 aromatic carbocycles. The van der Waals surface area contributed by atoms with Crippen molar-refractivity contribution in [1.82, 2.24) is 0 Å². The highest BCUT2D eigenvalue weighted by atomic mass is 32.2. The van der Waals surface area contributed by atoms with E-state index in [0.717, 1.165) is 18.4 Å². The Balaban J connectivity index is 2.70. The number of rotatable bonds is 4. The van der Waals surface area contributed by atoms with Crippen LogP contribution in [0.4, 0.5) is 18.9 Å². The molecular formula is C11H14F3NO2S. The SMILES string of the molecule is CC(CS(C)(=O)=O)Nc1ccc(C(F)(F)F)cc1. The first-order valence-corrected chi connectivity index (χ1v) is 7.25. The van der Waals surface area contributed by atoms with Crippen LogP contribution >= 0.6 is 0 Å². The highest BCUT2D eigenvalue weighted by molar-refractivity contribution is 7.90. The molecule has 0 bridgehead atoms. The van der Waals surface area contributed by atoms with Crippen LogP contribution in [0.5, 0.6) is 0 Å². The third-order valence-corrected chi connectivity index (χ3v) is 3.28. The maximum absolute atomic E-state index is 12.3. The number of halogens is 3. The maximum Gasteiger partial charge on any atom is 0.416 e. The predicted molar refractivity (Wildman–Crippen MR) is 64.2 cm³/mol. The van der Waals surface area contributed by atoms with Crippen molar-refractivity contribution in [2.24, 2.45) is 0 Å². The summed E-state index contributed by atoms with van der Waals surface area (Å²) in [5, 5.41) is 2.83. The lowest BCUT2D eigenvalue weighted by molar-refractivity contribution is -0.137. The van der Waals surface area contributed by atoms with Gasteiger partial charge in [-0.2, -0.15) is 13.2 Å². The van der Waals surface area contributed by atoms with E-state index in [2.05, 4.69) is 5.32 Å². The molecule has 0 aliphatic rings. The number of hydrogen-bond donors (Lipinski definition) is 1. The molecule has 0 radical (unpaired) electrons. The molecule has 0 aliphatic carbocycles. The van der Waals surface area contributed by atoms with E-state index in [-0.39, 0.29) is 11.8 Å². The van der Waals surface area contributed by atoms with Crippen molar-refractivity contribution in [3.8, 4) is 0 Å². The van der Waals surface area contributed by atoms with Crippen LogP contribution in [0.1, 0.15) is 12.5 Å². The fraction of sp³-hybridized carbons (Fsp3) is 0.455. The van der Waals surface area contributed by atoms with Crippen molar-refractivity contribution in [2.45, 2.75) is 19.1 Å². The third kappa shape index (κ3) is 4.95. The van der Waals surface area contributed by atoms with Crippen molar-refractivity contribution in [3.63, 3.8) is 0 Å². The number of alkyl halides is 3. The highest BCUT2D eigenvalue weighted by Crippen LogP contribution is 2.29. The molecule has 3 nitrogen and oxygen atoms in total. The topological polar surface area (TPSA) is 46.2 Å². The summed E-state index contributed by atoms with van der Waals surface area (Å²) in [6.07, 6.45) is -3.26. The average Bonchev–Trinajstić information content (AvgIpc) is 2.13. The molecule has 1 unspecified atom stereocenters. The van der Waals surface area contributed by atoms with E-state index in [4.69, 9.17) is 0 Å². The molecule has 0 amide bonds. The van der Waals surface area contributed by atoms with Crippen LogP contribution in [0, 0.1) is 0 Å². The Kier molecular flexibility index (Phi) is 4.26. The Bertz CT molecular complexity index is 494. The second kappa shape index (κ2) is 5.17. The molecule has 102 valence electrons. The Hall–Kier alpha value is -1.24. The van der Waals surface area contributed by atoms with Crippen molar-refractivity contribution in [2.75, 3.05) is 17.3 Å². The summed E-state index contributed by atoms with van der Waals surface area (Å²) in [6, 6.07) is 4.10. The lowest BCUT2D eigenvalue weighted by Crippen LogP contribution is -2.24. The summed E-state index contributed by atoms with van der Waals surface area (Å²) in [4.78, 5) is 0. The molecule has 0 saturated carbocycles. The molecule has 1 N–H and O–H groups in total. The molecule has 0 fully saturated rings. The lowest BCUT2D eigenvalue weighted by Gasteiger charge is -2.15. The zero-order valence-corrected chi connectivity index (χ0v) is 10.8. The largest absolute Gasteiger partial charge is 0.416 e. The predicted octanol–water partition coefficient (Wildman–Crippen LogP) is 2.55. The molecule has 1 atom stereocenters. The molecule has 0 heterocycles. The number of anilines is 1. The van der Waals surface area contributed by atoms with Crippen LogP contribution in [0.3, 0.4) is 0 Å². The maximum atomic E-state index is 12.3. The molecule has 18 heavy (non-hydrogen) atoms. The van der Waals surface area contributed by atoms with Crippen molar-refractivity contribution in [3.05, 3.63) is 29.8 Å². The molecule has 1 rings (SSSR count). The quantitative estimate of drug-likeness (QED) is 0.922. The fourth-order valence-electron chi connectivity index (χ4n) is 1.54. The zero-order valence-electron chi connectivity index (χ0n) is 9.95. The van der Waals surface area contributed by atoms with Gasteiger partial charge >= 0.3 is 6.18 Å². The summed E-state index contributed by atoms with van der Waals surface area (Å²) in [6.45, 7) is 1.65. The first-order chi connectivity index (χ1) is 8.08. The second-order valence-electron chi connectivity index (χ2n) is 4.21. The monoisotopic (exact) mass is 281 g/mol. The van der Waals surface area contributed by atoms with E-state index in [1.165, 1.54) is 12.1 Å². The van der Waals surface area contributed by atoms with Crippen LogP contribution in [-0.2, 0) is 16.0 Å². The van der Waals surface area contributed by atoms with Gasteiger partial charge in [-0.15, -0.1) is 0 Å². The third-order valence-electron chi connectivity index (χ3n) is 2.18. The number of nitrogens with one attached hydrogen (secondary N) is 1. The second-order valence-corrected chi connectivity index (χ2v) is 6.40. The Morgan fingerprint density at radius 3 is 2.11 bits per heavy atom. The first-order valence-electron chi connectivity index (χ1n) is 5.19. The molecule has 0 spiro atoms. The van der Waals surface area contributed by atoms with E-state index in [1.54, 1.807) is 6.92 Å². The minimum absolute atomic E-state index is 0.0754. The minimum Gasteiger partial charge on any atom is -0.382 e. The molecule has 0 aliphatic heterocycles. The number of hydrogen-bond acceptors (Lipinski definition) is 3. The summed E-state index contributed by atoms with van der Waals surface area (Å²) in [7, 11) is -3.12. The van der Waals surface area contributed by atoms with E-state index >= 15 is 0 Å². The van der Waals surface area contributed by atoms with Crippen molar-refractivity contribution in [1.29, 1.82) is 0 Å². The van der Waals surface area contributed by atoms with Gasteiger partial charge in [0.25, 0.3) is 0 Å². The van der Waals surface area contributed by atoms with Crippen LogP contribution < -0.4 is 5.32 Å². The Morgan fingerprint density at radius 2 is 1.72 bits per heavy atom. The molecule has 0 saturated heterocycles. The van der Waals surface area contributed by atoms with Crippen LogP contribution in [0.25, 0.3) is 0 Å². The Labute approximate surface area is 104 Å². The number of sulfone groups is 1. The molecule has 1 aromatic rings. The van der Waals surface area contributed by atoms with Gasteiger partial charge in [-0.1, -0.05) is 0 Å². The normalized spacial score (nSPS) is 14.3. The van der Waals surface area contributed by atoms with Gasteiger partial charge in [0, 0.05) is 18.0 Å². The van der Waals surface area contributed by atoms with Gasteiger partial charge in [0.15, 0.2) is 0 Å². The molecule has 0 aromatic heterocycles. The molecule has 7 heteroatoms. The summed E-state index contributed by atoms with van der Waals surface area (Å²) in [5.74, 6) is -0.0754. The van der Waals surface area contributed by atoms with Crippen LogP contribution in [0.2, 0.25) is 0 Å². The van der Waals surface area contributed by atoms with Gasteiger partial charge in [-0.25, -0.2) is 8.42 Å². The van der Waals surface area contributed by atoms with Gasteiger partial charge in [-0.05, 0) is 31.2 Å². The van der Waals surface area contributed by atoms with Gasteiger partial charge in [0.1, 0.15) is 9.84 Å². The smallest absolute Gasteiger partial charge is 0.382 e. The minimum atomic E-state index is -4.36. The van der Waals surface area contributed by atoms with Gasteiger partial charge in [-0.3, -0.25) is 0 Å².